The fourth-order valence-corrected chi connectivity index (χ4v) is 3.64. The topological polar surface area (TPSA) is 55.8 Å². The van der Waals surface area contributed by atoms with Crippen molar-refractivity contribution in [2.24, 2.45) is 5.92 Å². The molecule has 5 nitrogen and oxygen atoms in total. The van der Waals surface area contributed by atoms with Crippen LogP contribution in [0.2, 0.25) is 0 Å². The van der Waals surface area contributed by atoms with Gasteiger partial charge in [-0.3, -0.25) is 9.59 Å². The summed E-state index contributed by atoms with van der Waals surface area (Å²) in [7, 11) is 0. The summed E-state index contributed by atoms with van der Waals surface area (Å²) in [5, 5.41) is 0. The molecule has 5 heteroatoms. The van der Waals surface area contributed by atoms with Gasteiger partial charge in [0.25, 0.3) is 5.91 Å². The number of esters is 1. The van der Waals surface area contributed by atoms with Crippen LogP contribution in [0.25, 0.3) is 0 Å². The second-order valence-corrected chi connectivity index (χ2v) is 6.87. The summed E-state index contributed by atoms with van der Waals surface area (Å²) in [5.41, 5.74) is 0.674. The molecule has 0 N–H and O–H groups in total. The summed E-state index contributed by atoms with van der Waals surface area (Å²) in [6.07, 6.45) is 6.39. The average Bonchev–Trinajstić information content (AvgIpc) is 3.15. The molecule has 1 aliphatic heterocycles. The van der Waals surface area contributed by atoms with E-state index in [1.807, 2.05) is 36.1 Å². The van der Waals surface area contributed by atoms with Gasteiger partial charge in [-0.2, -0.15) is 0 Å². The van der Waals surface area contributed by atoms with Crippen LogP contribution in [0.4, 0.5) is 0 Å². The molecular formula is C20H27NO4. The van der Waals surface area contributed by atoms with E-state index >= 15 is 0 Å². The first-order chi connectivity index (χ1) is 12.2. The van der Waals surface area contributed by atoms with Crippen molar-refractivity contribution in [2.45, 2.75) is 51.6 Å². The lowest BCUT2D eigenvalue weighted by atomic mass is 9.96. The lowest BCUT2D eigenvalue weighted by molar-refractivity contribution is -0.149. The largest absolute Gasteiger partial charge is 0.490 e. The van der Waals surface area contributed by atoms with E-state index in [4.69, 9.17) is 9.47 Å². The zero-order valence-corrected chi connectivity index (χ0v) is 14.9. The molecule has 1 saturated carbocycles. The van der Waals surface area contributed by atoms with Crippen molar-refractivity contribution in [3.05, 3.63) is 29.8 Å². The molecule has 1 amide bonds. The third-order valence-electron chi connectivity index (χ3n) is 5.11. The maximum absolute atomic E-state index is 12.6. The average molecular weight is 345 g/mol. The number of nitrogens with zero attached hydrogens (tertiary/aromatic N) is 1. The van der Waals surface area contributed by atoms with Crippen molar-refractivity contribution in [2.75, 3.05) is 19.7 Å². The number of likely N-dealkylation sites (tertiary alicyclic amines) is 1. The van der Waals surface area contributed by atoms with Gasteiger partial charge >= 0.3 is 5.97 Å². The molecule has 1 aromatic carbocycles. The molecule has 0 aromatic heterocycles. The SMILES string of the molecule is CCOC(=O)C1CCN(C(=O)c2ccc(OC3CCCC3)cc2)CC1. The van der Waals surface area contributed by atoms with Crippen molar-refractivity contribution in [3.8, 4) is 5.75 Å². The number of rotatable bonds is 5. The van der Waals surface area contributed by atoms with Crippen LogP contribution in [0.5, 0.6) is 5.75 Å². The molecule has 3 rings (SSSR count). The van der Waals surface area contributed by atoms with Gasteiger partial charge < -0.3 is 14.4 Å². The molecule has 0 unspecified atom stereocenters. The summed E-state index contributed by atoms with van der Waals surface area (Å²) >= 11 is 0. The van der Waals surface area contributed by atoms with Crippen LogP contribution >= 0.6 is 0 Å². The number of amides is 1. The van der Waals surface area contributed by atoms with Crippen LogP contribution in [-0.4, -0.2) is 42.6 Å². The maximum atomic E-state index is 12.6. The van der Waals surface area contributed by atoms with E-state index in [0.717, 1.165) is 18.6 Å². The highest BCUT2D eigenvalue weighted by Crippen LogP contribution is 2.25. The van der Waals surface area contributed by atoms with Crippen LogP contribution in [0.15, 0.2) is 24.3 Å². The summed E-state index contributed by atoms with van der Waals surface area (Å²) < 4.78 is 11.0. The number of hydrogen-bond acceptors (Lipinski definition) is 4. The highest BCUT2D eigenvalue weighted by molar-refractivity contribution is 5.94. The van der Waals surface area contributed by atoms with Crippen molar-refractivity contribution in [1.29, 1.82) is 0 Å². The fraction of sp³-hybridized carbons (Fsp3) is 0.600. The van der Waals surface area contributed by atoms with E-state index in [-0.39, 0.29) is 17.8 Å². The highest BCUT2D eigenvalue weighted by atomic mass is 16.5. The van der Waals surface area contributed by atoms with Crippen LogP contribution in [0, 0.1) is 5.92 Å². The van der Waals surface area contributed by atoms with Gasteiger partial charge in [0.05, 0.1) is 18.6 Å². The van der Waals surface area contributed by atoms with Gasteiger partial charge in [0, 0.05) is 18.7 Å². The third kappa shape index (κ3) is 4.53. The van der Waals surface area contributed by atoms with Gasteiger partial charge in [-0.05, 0) is 69.7 Å². The van der Waals surface area contributed by atoms with Gasteiger partial charge in [0.2, 0.25) is 0 Å². The molecule has 0 bridgehead atoms. The summed E-state index contributed by atoms with van der Waals surface area (Å²) in [4.78, 5) is 26.2. The first kappa shape index (κ1) is 17.8. The number of piperidine rings is 1. The van der Waals surface area contributed by atoms with Gasteiger partial charge in [0.15, 0.2) is 0 Å². The highest BCUT2D eigenvalue weighted by Gasteiger charge is 2.28. The van der Waals surface area contributed by atoms with Gasteiger partial charge in [-0.25, -0.2) is 0 Å². The molecule has 1 aliphatic carbocycles. The molecule has 1 heterocycles. The van der Waals surface area contributed by atoms with Gasteiger partial charge in [-0.1, -0.05) is 0 Å². The number of carbonyl (C=O) groups is 2. The molecule has 0 atom stereocenters. The molecule has 1 saturated heterocycles. The van der Waals surface area contributed by atoms with Gasteiger partial charge in [-0.15, -0.1) is 0 Å². The maximum Gasteiger partial charge on any atom is 0.309 e. The Hall–Kier alpha value is -2.04. The van der Waals surface area contributed by atoms with Crippen molar-refractivity contribution in [3.63, 3.8) is 0 Å². The van der Waals surface area contributed by atoms with E-state index in [0.29, 0.717) is 44.2 Å². The Morgan fingerprint density at radius 1 is 1.04 bits per heavy atom. The Morgan fingerprint density at radius 2 is 1.68 bits per heavy atom. The van der Waals surface area contributed by atoms with E-state index < -0.39 is 0 Å². The Morgan fingerprint density at radius 3 is 2.28 bits per heavy atom. The van der Waals surface area contributed by atoms with Crippen LogP contribution in [-0.2, 0) is 9.53 Å². The lowest BCUT2D eigenvalue weighted by Crippen LogP contribution is -2.40. The predicted octanol–water partition coefficient (Wildman–Crippen LogP) is 3.42. The summed E-state index contributed by atoms with van der Waals surface area (Å²) in [6.45, 7) is 3.43. The van der Waals surface area contributed by atoms with E-state index in [2.05, 4.69) is 0 Å². The number of carbonyl (C=O) groups excluding carboxylic acids is 2. The second-order valence-electron chi connectivity index (χ2n) is 6.87. The first-order valence-corrected chi connectivity index (χ1v) is 9.40. The van der Waals surface area contributed by atoms with E-state index in [9.17, 15) is 9.59 Å². The first-order valence-electron chi connectivity index (χ1n) is 9.40. The molecule has 0 radical (unpaired) electrons. The molecular weight excluding hydrogens is 318 g/mol. The predicted molar refractivity (Wildman–Crippen MR) is 94.6 cm³/mol. The number of ether oxygens (including phenoxy) is 2. The molecule has 136 valence electrons. The third-order valence-corrected chi connectivity index (χ3v) is 5.11. The number of benzene rings is 1. The van der Waals surface area contributed by atoms with Crippen LogP contribution in [0.1, 0.15) is 55.8 Å². The molecule has 2 fully saturated rings. The van der Waals surface area contributed by atoms with Crippen LogP contribution in [0.3, 0.4) is 0 Å². The Labute approximate surface area is 149 Å². The smallest absolute Gasteiger partial charge is 0.309 e. The Balaban J connectivity index is 1.52. The van der Waals surface area contributed by atoms with Crippen molar-refractivity contribution >= 4 is 11.9 Å². The monoisotopic (exact) mass is 345 g/mol. The molecule has 25 heavy (non-hydrogen) atoms. The normalized spacial score (nSPS) is 19.0. The molecule has 0 spiro atoms. The summed E-state index contributed by atoms with van der Waals surface area (Å²) in [5.74, 6) is 0.647. The fourth-order valence-electron chi connectivity index (χ4n) is 3.64. The van der Waals surface area contributed by atoms with Crippen molar-refractivity contribution in [1.82, 2.24) is 4.90 Å². The summed E-state index contributed by atoms with van der Waals surface area (Å²) in [6, 6.07) is 7.45. The lowest BCUT2D eigenvalue weighted by Gasteiger charge is -2.31. The zero-order valence-electron chi connectivity index (χ0n) is 14.9. The second kappa shape index (κ2) is 8.37. The minimum Gasteiger partial charge on any atom is -0.490 e. The standard InChI is InChI=1S/C20H27NO4/c1-2-24-20(23)16-11-13-21(14-12-16)19(22)15-7-9-18(10-8-15)25-17-5-3-4-6-17/h7-10,16-17H,2-6,11-14H2,1H3. The van der Waals surface area contributed by atoms with Crippen LogP contribution < -0.4 is 4.74 Å². The quantitative estimate of drug-likeness (QED) is 0.767. The minimum absolute atomic E-state index is 0.0229. The minimum atomic E-state index is -0.136. The number of hydrogen-bond donors (Lipinski definition) is 0. The van der Waals surface area contributed by atoms with Crippen molar-refractivity contribution < 1.29 is 19.1 Å². The Kier molecular flexibility index (Phi) is 5.95. The van der Waals surface area contributed by atoms with Gasteiger partial charge in [0.1, 0.15) is 5.75 Å². The molecule has 1 aromatic rings. The Bertz CT molecular complexity index is 584. The zero-order chi connectivity index (χ0) is 17.6. The van der Waals surface area contributed by atoms with E-state index in [1.54, 1.807) is 0 Å². The van der Waals surface area contributed by atoms with E-state index in [1.165, 1.54) is 12.8 Å². The molecule has 2 aliphatic rings.